The Morgan fingerprint density at radius 1 is 1.33 bits per heavy atom. The molecule has 0 aliphatic rings. The van der Waals surface area contributed by atoms with Crippen molar-refractivity contribution in [3.05, 3.63) is 12.2 Å². The van der Waals surface area contributed by atoms with Crippen LogP contribution in [-0.4, -0.2) is 29.9 Å². The second kappa shape index (κ2) is 5.60. The molecule has 0 atom stereocenters. The van der Waals surface area contributed by atoms with Crippen LogP contribution in [0.4, 0.5) is 0 Å². The molecule has 0 radical (unpaired) electrons. The first-order valence-corrected chi connectivity index (χ1v) is 5.00. The lowest BCUT2D eigenvalue weighted by Crippen LogP contribution is -2.40. The van der Waals surface area contributed by atoms with Gasteiger partial charge in [-0.25, -0.2) is 0 Å². The number of hydrogen-bond acceptors (Lipinski definition) is 1. The first-order chi connectivity index (χ1) is 5.54. The zero-order valence-corrected chi connectivity index (χ0v) is 9.36. The van der Waals surface area contributed by atoms with Crippen LogP contribution >= 0.6 is 11.6 Å². The number of rotatable bonds is 5. The average molecular weight is 190 g/mol. The van der Waals surface area contributed by atoms with Gasteiger partial charge in [-0.05, 0) is 27.3 Å². The van der Waals surface area contributed by atoms with Gasteiger partial charge < -0.3 is 0 Å². The van der Waals surface area contributed by atoms with E-state index in [9.17, 15) is 0 Å². The fraction of sp³-hybridized carbons (Fsp3) is 0.800. The fourth-order valence-corrected chi connectivity index (χ4v) is 0.939. The molecule has 0 amide bonds. The van der Waals surface area contributed by atoms with Gasteiger partial charge in [0, 0.05) is 18.0 Å². The van der Waals surface area contributed by atoms with Crippen molar-refractivity contribution >= 4 is 11.6 Å². The lowest BCUT2D eigenvalue weighted by atomic mass is 10.0. The number of nitrogens with zero attached hydrogens (tertiary/aromatic N) is 1. The number of hydrogen-bond donors (Lipinski definition) is 0. The summed E-state index contributed by atoms with van der Waals surface area (Å²) >= 11 is 5.53. The summed E-state index contributed by atoms with van der Waals surface area (Å²) in [5, 5.41) is 0. The van der Waals surface area contributed by atoms with E-state index in [1.807, 2.05) is 6.08 Å². The average Bonchev–Trinajstić information content (AvgIpc) is 2.05. The van der Waals surface area contributed by atoms with Crippen molar-refractivity contribution in [2.24, 2.45) is 0 Å². The van der Waals surface area contributed by atoms with Crippen LogP contribution in [-0.2, 0) is 0 Å². The zero-order chi connectivity index (χ0) is 9.61. The Morgan fingerprint density at radius 2 is 1.92 bits per heavy atom. The molecule has 0 heterocycles. The molecule has 0 aliphatic heterocycles. The Kier molecular flexibility index (Phi) is 5.60. The van der Waals surface area contributed by atoms with E-state index in [0.29, 0.717) is 5.88 Å². The molecule has 0 spiro atoms. The summed E-state index contributed by atoms with van der Waals surface area (Å²) in [5.41, 5.74) is 0.288. The van der Waals surface area contributed by atoms with Gasteiger partial charge in [-0.1, -0.05) is 19.1 Å². The minimum absolute atomic E-state index is 0.288. The molecule has 72 valence electrons. The molecular weight excluding hydrogens is 170 g/mol. The minimum Gasteiger partial charge on any atom is -0.298 e. The Labute approximate surface area is 81.4 Å². The number of halogens is 1. The van der Waals surface area contributed by atoms with Crippen LogP contribution in [0.5, 0.6) is 0 Å². The van der Waals surface area contributed by atoms with E-state index in [1.54, 1.807) is 0 Å². The van der Waals surface area contributed by atoms with E-state index in [-0.39, 0.29) is 5.54 Å². The Morgan fingerprint density at radius 3 is 2.33 bits per heavy atom. The van der Waals surface area contributed by atoms with Crippen molar-refractivity contribution in [1.29, 1.82) is 0 Å². The van der Waals surface area contributed by atoms with E-state index < -0.39 is 0 Å². The quantitative estimate of drug-likeness (QED) is 0.475. The molecule has 12 heavy (non-hydrogen) atoms. The van der Waals surface area contributed by atoms with Crippen LogP contribution in [0.3, 0.4) is 0 Å². The van der Waals surface area contributed by atoms with Gasteiger partial charge in [-0.3, -0.25) is 4.90 Å². The highest BCUT2D eigenvalue weighted by Gasteiger charge is 2.19. The summed E-state index contributed by atoms with van der Waals surface area (Å²) < 4.78 is 0. The third kappa shape index (κ3) is 4.13. The summed E-state index contributed by atoms with van der Waals surface area (Å²) in [7, 11) is 2.14. The maximum atomic E-state index is 5.53. The van der Waals surface area contributed by atoms with Crippen LogP contribution in [0.25, 0.3) is 0 Å². The second-order valence-corrected chi connectivity index (χ2v) is 3.98. The van der Waals surface area contributed by atoms with Crippen LogP contribution in [0.2, 0.25) is 0 Å². The molecule has 0 rings (SSSR count). The molecule has 1 nitrogen and oxygen atoms in total. The highest BCUT2D eigenvalue weighted by atomic mass is 35.5. The van der Waals surface area contributed by atoms with E-state index >= 15 is 0 Å². The molecule has 0 aromatic carbocycles. The molecular formula is C10H20ClN. The molecule has 2 heteroatoms. The summed E-state index contributed by atoms with van der Waals surface area (Å²) in [4.78, 5) is 2.33. The van der Waals surface area contributed by atoms with Crippen molar-refractivity contribution in [3.8, 4) is 0 Å². The third-order valence-corrected chi connectivity index (χ3v) is 2.71. The van der Waals surface area contributed by atoms with Gasteiger partial charge in [0.25, 0.3) is 0 Å². The topological polar surface area (TPSA) is 3.24 Å². The third-order valence-electron chi connectivity index (χ3n) is 2.53. The van der Waals surface area contributed by atoms with E-state index in [4.69, 9.17) is 11.6 Å². The Hall–Kier alpha value is -0.0100. The monoisotopic (exact) mass is 189 g/mol. The smallest absolute Gasteiger partial charge is 0.0404 e. The van der Waals surface area contributed by atoms with Crippen LogP contribution in [0.15, 0.2) is 12.2 Å². The van der Waals surface area contributed by atoms with Gasteiger partial charge in [0.15, 0.2) is 0 Å². The zero-order valence-electron chi connectivity index (χ0n) is 8.60. The van der Waals surface area contributed by atoms with Crippen molar-refractivity contribution in [2.45, 2.75) is 32.7 Å². The molecule has 0 fully saturated rings. The van der Waals surface area contributed by atoms with E-state index in [0.717, 1.165) is 13.0 Å². The van der Waals surface area contributed by atoms with Crippen LogP contribution in [0.1, 0.15) is 27.2 Å². The maximum absolute atomic E-state index is 5.53. The predicted octanol–water partition coefficient (Wildman–Crippen LogP) is 2.90. The van der Waals surface area contributed by atoms with Gasteiger partial charge in [0.05, 0.1) is 0 Å². The first-order valence-electron chi connectivity index (χ1n) is 4.46. The second-order valence-electron chi connectivity index (χ2n) is 3.67. The van der Waals surface area contributed by atoms with E-state index in [2.05, 4.69) is 38.8 Å². The maximum Gasteiger partial charge on any atom is 0.0404 e. The van der Waals surface area contributed by atoms with Gasteiger partial charge in [0.1, 0.15) is 0 Å². The molecule has 0 aromatic rings. The lowest BCUT2D eigenvalue weighted by Gasteiger charge is -2.33. The molecule has 0 saturated carbocycles. The van der Waals surface area contributed by atoms with Gasteiger partial charge in [0.2, 0.25) is 0 Å². The van der Waals surface area contributed by atoms with E-state index in [1.165, 1.54) is 0 Å². The van der Waals surface area contributed by atoms with Crippen molar-refractivity contribution in [1.82, 2.24) is 4.90 Å². The molecule has 0 unspecified atom stereocenters. The van der Waals surface area contributed by atoms with Crippen LogP contribution in [0, 0.1) is 0 Å². The fourth-order valence-electron chi connectivity index (χ4n) is 0.813. The van der Waals surface area contributed by atoms with Crippen LogP contribution < -0.4 is 0 Å². The minimum atomic E-state index is 0.288. The van der Waals surface area contributed by atoms with Gasteiger partial charge in [-0.2, -0.15) is 0 Å². The normalized spacial score (nSPS) is 13.2. The SMILES string of the molecule is CCC(C)(C)N(C)CC=CCCl. The summed E-state index contributed by atoms with van der Waals surface area (Å²) in [6.07, 6.45) is 5.27. The highest BCUT2D eigenvalue weighted by Crippen LogP contribution is 2.15. The first kappa shape index (κ1) is 12.0. The van der Waals surface area contributed by atoms with Crippen molar-refractivity contribution < 1.29 is 0 Å². The number of alkyl halides is 1. The van der Waals surface area contributed by atoms with Gasteiger partial charge >= 0.3 is 0 Å². The lowest BCUT2D eigenvalue weighted by molar-refractivity contribution is 0.168. The molecule has 0 aliphatic carbocycles. The summed E-state index contributed by atoms with van der Waals surface area (Å²) in [6.45, 7) is 7.69. The van der Waals surface area contributed by atoms with Crippen molar-refractivity contribution in [3.63, 3.8) is 0 Å². The summed E-state index contributed by atoms with van der Waals surface area (Å²) in [6, 6.07) is 0. The standard InChI is InChI=1S/C10H20ClN/c1-5-10(2,3)12(4)9-7-6-8-11/h6-7H,5,8-9H2,1-4H3. The Balaban J connectivity index is 3.86. The Bertz CT molecular complexity index is 141. The largest absolute Gasteiger partial charge is 0.298 e. The molecule has 0 saturated heterocycles. The predicted molar refractivity (Wildman–Crippen MR) is 56.9 cm³/mol. The number of allylic oxidation sites excluding steroid dienone is 1. The highest BCUT2D eigenvalue weighted by molar-refractivity contribution is 6.18. The summed E-state index contributed by atoms with van der Waals surface area (Å²) in [5.74, 6) is 0.612. The molecule has 0 N–H and O–H groups in total. The van der Waals surface area contributed by atoms with Crippen molar-refractivity contribution in [2.75, 3.05) is 19.5 Å². The molecule has 0 aromatic heterocycles. The molecule has 0 bridgehead atoms. The van der Waals surface area contributed by atoms with Gasteiger partial charge in [-0.15, -0.1) is 11.6 Å². The number of likely N-dealkylation sites (N-methyl/N-ethyl adjacent to an activating group) is 1.